The summed E-state index contributed by atoms with van der Waals surface area (Å²) in [6, 6.07) is 13.4. The van der Waals surface area contributed by atoms with E-state index in [2.05, 4.69) is 31.9 Å². The van der Waals surface area contributed by atoms with Crippen LogP contribution in [0.25, 0.3) is 0 Å². The molecule has 1 aliphatic heterocycles. The van der Waals surface area contributed by atoms with Crippen LogP contribution in [-0.2, 0) is 4.79 Å². The zero-order valence-electron chi connectivity index (χ0n) is 13.3. The molecule has 0 saturated carbocycles. The van der Waals surface area contributed by atoms with Gasteiger partial charge in [-0.05, 0) is 48.9 Å². The summed E-state index contributed by atoms with van der Waals surface area (Å²) < 4.78 is 0.921. The molecule has 0 unspecified atom stereocenters. The number of allylic oxidation sites excluding steroid dienone is 1. The molecule has 3 rings (SSSR count). The van der Waals surface area contributed by atoms with Crippen LogP contribution in [0.2, 0.25) is 5.02 Å². The molecule has 0 spiro atoms. The normalized spacial score (nSPS) is 16.9. The molecule has 3 amide bonds. The Morgan fingerprint density at radius 3 is 2.60 bits per heavy atom. The van der Waals surface area contributed by atoms with Gasteiger partial charge in [-0.15, -0.1) is 0 Å². The predicted molar refractivity (Wildman–Crippen MR) is 101 cm³/mol. The van der Waals surface area contributed by atoms with Crippen LogP contribution in [-0.4, -0.2) is 11.9 Å². The van der Waals surface area contributed by atoms with Crippen molar-refractivity contribution in [2.75, 3.05) is 5.32 Å². The van der Waals surface area contributed by atoms with E-state index in [1.165, 1.54) is 0 Å². The van der Waals surface area contributed by atoms with Gasteiger partial charge < -0.3 is 16.0 Å². The van der Waals surface area contributed by atoms with Crippen molar-refractivity contribution in [3.63, 3.8) is 0 Å². The zero-order chi connectivity index (χ0) is 18.0. The molecule has 25 heavy (non-hydrogen) atoms. The number of rotatable bonds is 3. The molecule has 1 atom stereocenters. The van der Waals surface area contributed by atoms with E-state index >= 15 is 0 Å². The summed E-state index contributed by atoms with van der Waals surface area (Å²) >= 11 is 9.42. The number of nitrogens with one attached hydrogen (secondary N) is 3. The van der Waals surface area contributed by atoms with Crippen LogP contribution in [0.15, 0.2) is 64.3 Å². The number of anilines is 1. The average molecular weight is 421 g/mol. The Bertz CT molecular complexity index is 865. The predicted octanol–water partition coefficient (Wildman–Crippen LogP) is 4.37. The summed E-state index contributed by atoms with van der Waals surface area (Å²) in [5.74, 6) is -0.294. The molecule has 1 aliphatic rings. The maximum absolute atomic E-state index is 12.8. The summed E-state index contributed by atoms with van der Waals surface area (Å²) in [5.41, 5.74) is 2.34. The van der Waals surface area contributed by atoms with E-state index in [1.54, 1.807) is 37.3 Å². The Kier molecular flexibility index (Phi) is 5.11. The summed E-state index contributed by atoms with van der Waals surface area (Å²) in [7, 11) is 0. The van der Waals surface area contributed by atoms with Gasteiger partial charge in [0.2, 0.25) is 0 Å². The summed E-state index contributed by atoms with van der Waals surface area (Å²) in [6.45, 7) is 1.70. The second-order valence-corrected chi connectivity index (χ2v) is 6.94. The fourth-order valence-electron chi connectivity index (χ4n) is 2.66. The van der Waals surface area contributed by atoms with E-state index in [-0.39, 0.29) is 11.9 Å². The van der Waals surface area contributed by atoms with Gasteiger partial charge >= 0.3 is 6.03 Å². The Morgan fingerprint density at radius 1 is 1.20 bits per heavy atom. The Labute approximate surface area is 158 Å². The lowest BCUT2D eigenvalue weighted by molar-refractivity contribution is -0.113. The van der Waals surface area contributed by atoms with Gasteiger partial charge in [-0.25, -0.2) is 4.79 Å². The van der Waals surface area contributed by atoms with Crippen molar-refractivity contribution >= 4 is 45.2 Å². The third-order valence-electron chi connectivity index (χ3n) is 3.80. The van der Waals surface area contributed by atoms with Crippen LogP contribution in [0.5, 0.6) is 0 Å². The average Bonchev–Trinajstić information content (AvgIpc) is 2.56. The second kappa shape index (κ2) is 7.29. The highest BCUT2D eigenvalue weighted by Gasteiger charge is 2.31. The highest BCUT2D eigenvalue weighted by atomic mass is 79.9. The van der Waals surface area contributed by atoms with Crippen LogP contribution >= 0.6 is 27.5 Å². The van der Waals surface area contributed by atoms with Crippen LogP contribution < -0.4 is 16.0 Å². The van der Waals surface area contributed by atoms with Crippen molar-refractivity contribution in [3.8, 4) is 0 Å². The van der Waals surface area contributed by atoms with Gasteiger partial charge in [0.15, 0.2) is 0 Å². The van der Waals surface area contributed by atoms with E-state index < -0.39 is 6.04 Å². The molecule has 7 heteroatoms. The van der Waals surface area contributed by atoms with Gasteiger partial charge in [-0.2, -0.15) is 0 Å². The molecule has 3 N–H and O–H groups in total. The Hall–Kier alpha value is -2.31. The van der Waals surface area contributed by atoms with Crippen LogP contribution in [0.3, 0.4) is 0 Å². The summed E-state index contributed by atoms with van der Waals surface area (Å²) in [4.78, 5) is 24.7. The Morgan fingerprint density at radius 2 is 1.92 bits per heavy atom. The first-order valence-corrected chi connectivity index (χ1v) is 8.72. The largest absolute Gasteiger partial charge is 0.327 e. The minimum absolute atomic E-state index is 0.294. The minimum Gasteiger partial charge on any atom is -0.327 e. The Balaban J connectivity index is 1.94. The van der Waals surface area contributed by atoms with E-state index in [1.807, 2.05) is 18.2 Å². The molecule has 2 aromatic carbocycles. The molecular weight excluding hydrogens is 406 g/mol. The van der Waals surface area contributed by atoms with E-state index in [0.717, 1.165) is 10.0 Å². The van der Waals surface area contributed by atoms with Gasteiger partial charge in [0.25, 0.3) is 5.91 Å². The first-order chi connectivity index (χ1) is 11.9. The van der Waals surface area contributed by atoms with Crippen LogP contribution in [0.4, 0.5) is 10.5 Å². The third-order valence-corrected chi connectivity index (χ3v) is 4.56. The van der Waals surface area contributed by atoms with Gasteiger partial charge in [-0.1, -0.05) is 39.7 Å². The second-order valence-electron chi connectivity index (χ2n) is 5.59. The number of hydrogen-bond acceptors (Lipinski definition) is 2. The number of carbonyl (C=O) groups is 2. The van der Waals surface area contributed by atoms with Crippen molar-refractivity contribution in [2.24, 2.45) is 0 Å². The van der Waals surface area contributed by atoms with Gasteiger partial charge in [0.1, 0.15) is 0 Å². The van der Waals surface area contributed by atoms with E-state index in [0.29, 0.717) is 22.0 Å². The highest BCUT2D eigenvalue weighted by molar-refractivity contribution is 9.10. The number of carbonyl (C=O) groups excluding carboxylic acids is 2. The van der Waals surface area contributed by atoms with Gasteiger partial charge in [0.05, 0.1) is 11.6 Å². The van der Waals surface area contributed by atoms with E-state index in [9.17, 15) is 9.59 Å². The minimum atomic E-state index is -0.581. The third kappa shape index (κ3) is 4.03. The van der Waals surface area contributed by atoms with Gasteiger partial charge in [0, 0.05) is 20.9 Å². The molecule has 2 aromatic rings. The molecule has 0 aliphatic carbocycles. The molecule has 0 fully saturated rings. The summed E-state index contributed by atoms with van der Waals surface area (Å²) in [6.07, 6.45) is 0. The molecule has 1 heterocycles. The standard InChI is InChI=1S/C18H15BrClN3O2/c1-10-15(17(24)22-14-7-5-12(19)6-8-14)16(23-18(25)21-10)11-3-2-4-13(20)9-11/h2-9,16H,1H3,(H,22,24)(H2,21,23,25)/t16-/m0/s1. The SMILES string of the molecule is CC1=C(C(=O)Nc2ccc(Br)cc2)[C@H](c2cccc(Cl)c2)NC(=O)N1. The van der Waals surface area contributed by atoms with Crippen LogP contribution in [0, 0.1) is 0 Å². The molecule has 0 radical (unpaired) electrons. The van der Waals surface area contributed by atoms with Crippen molar-refractivity contribution < 1.29 is 9.59 Å². The lowest BCUT2D eigenvalue weighted by Gasteiger charge is -2.28. The molecule has 0 saturated heterocycles. The van der Waals surface area contributed by atoms with Crippen molar-refractivity contribution in [1.29, 1.82) is 0 Å². The maximum atomic E-state index is 12.8. The number of benzene rings is 2. The number of hydrogen-bond donors (Lipinski definition) is 3. The van der Waals surface area contributed by atoms with Crippen LogP contribution in [0.1, 0.15) is 18.5 Å². The lowest BCUT2D eigenvalue weighted by atomic mass is 9.95. The van der Waals surface area contributed by atoms with Crippen molar-refractivity contribution in [1.82, 2.24) is 10.6 Å². The molecule has 0 bridgehead atoms. The highest BCUT2D eigenvalue weighted by Crippen LogP contribution is 2.29. The van der Waals surface area contributed by atoms with Crippen molar-refractivity contribution in [2.45, 2.75) is 13.0 Å². The molecule has 0 aromatic heterocycles. The van der Waals surface area contributed by atoms with Crippen molar-refractivity contribution in [3.05, 3.63) is 74.9 Å². The first kappa shape index (κ1) is 17.5. The molecular formula is C18H15BrClN3O2. The zero-order valence-corrected chi connectivity index (χ0v) is 15.6. The number of amides is 3. The lowest BCUT2D eigenvalue weighted by Crippen LogP contribution is -2.45. The number of urea groups is 1. The number of halogens is 2. The van der Waals surface area contributed by atoms with Gasteiger partial charge in [-0.3, -0.25) is 4.79 Å². The quantitative estimate of drug-likeness (QED) is 0.690. The fraction of sp³-hybridized carbons (Fsp3) is 0.111. The summed E-state index contributed by atoms with van der Waals surface area (Å²) in [5, 5.41) is 8.82. The molecule has 5 nitrogen and oxygen atoms in total. The topological polar surface area (TPSA) is 70.2 Å². The maximum Gasteiger partial charge on any atom is 0.319 e. The molecule has 128 valence electrons. The van der Waals surface area contributed by atoms with E-state index in [4.69, 9.17) is 11.6 Å². The smallest absolute Gasteiger partial charge is 0.319 e. The monoisotopic (exact) mass is 419 g/mol. The first-order valence-electron chi connectivity index (χ1n) is 7.54. The fourth-order valence-corrected chi connectivity index (χ4v) is 3.13.